The van der Waals surface area contributed by atoms with Crippen LogP contribution >= 0.6 is 0 Å². The highest BCUT2D eigenvalue weighted by Crippen LogP contribution is 2.19. The van der Waals surface area contributed by atoms with Crippen LogP contribution in [0.1, 0.15) is 48.5 Å². The number of unbranched alkanes of at least 4 members (excludes halogenated alkanes) is 1. The van der Waals surface area contributed by atoms with E-state index in [0.29, 0.717) is 13.2 Å². The van der Waals surface area contributed by atoms with Crippen LogP contribution in [0.2, 0.25) is 0 Å². The van der Waals surface area contributed by atoms with Gasteiger partial charge in [-0.3, -0.25) is 14.2 Å². The van der Waals surface area contributed by atoms with Gasteiger partial charge in [-0.1, -0.05) is 25.5 Å². The summed E-state index contributed by atoms with van der Waals surface area (Å²) in [5.41, 5.74) is 0.653. The van der Waals surface area contributed by atoms with Crippen molar-refractivity contribution in [2.24, 2.45) is 0 Å². The number of hydrogen-bond acceptors (Lipinski definition) is 4. The summed E-state index contributed by atoms with van der Waals surface area (Å²) in [7, 11) is 0. The predicted octanol–water partition coefficient (Wildman–Crippen LogP) is 2.47. The molecule has 1 N–H and O–H groups in total. The van der Waals surface area contributed by atoms with Crippen molar-refractivity contribution in [2.45, 2.75) is 52.2 Å². The van der Waals surface area contributed by atoms with Crippen molar-refractivity contribution in [1.82, 2.24) is 9.55 Å². The highest BCUT2D eigenvalue weighted by molar-refractivity contribution is 6.05. The quantitative estimate of drug-likeness (QED) is 0.794. The normalized spacial score (nSPS) is 16.3. The van der Waals surface area contributed by atoms with E-state index in [9.17, 15) is 14.4 Å². The molecule has 7 heteroatoms. The number of amides is 1. The first kappa shape index (κ1) is 20.1. The highest BCUT2D eigenvalue weighted by atomic mass is 16.5. The van der Waals surface area contributed by atoms with Gasteiger partial charge in [0.1, 0.15) is 5.56 Å². The SMILES string of the molecule is CCCCN(C(=O)c1c[nH]c(=O)n(CC2CCCO2)c1=O)c1cccc(C)c1. The molecule has 1 aromatic heterocycles. The number of aryl methyl sites for hydroxylation is 1. The number of aromatic amines is 1. The molecule has 1 atom stereocenters. The molecule has 1 aliphatic heterocycles. The molecule has 7 nitrogen and oxygen atoms in total. The number of hydrogen-bond donors (Lipinski definition) is 1. The maximum Gasteiger partial charge on any atom is 0.328 e. The Morgan fingerprint density at radius 2 is 2.18 bits per heavy atom. The van der Waals surface area contributed by atoms with Crippen molar-refractivity contribution in [1.29, 1.82) is 0 Å². The van der Waals surface area contributed by atoms with Crippen LogP contribution < -0.4 is 16.1 Å². The number of carbonyl (C=O) groups is 1. The Hall–Kier alpha value is -2.67. The smallest absolute Gasteiger partial charge is 0.328 e. The van der Waals surface area contributed by atoms with Crippen LogP contribution in [0.15, 0.2) is 40.1 Å². The maximum atomic E-state index is 13.2. The molecule has 0 aliphatic carbocycles. The van der Waals surface area contributed by atoms with Gasteiger partial charge in [0.2, 0.25) is 0 Å². The van der Waals surface area contributed by atoms with Gasteiger partial charge in [-0.2, -0.15) is 0 Å². The van der Waals surface area contributed by atoms with E-state index >= 15 is 0 Å². The van der Waals surface area contributed by atoms with Gasteiger partial charge < -0.3 is 14.6 Å². The largest absolute Gasteiger partial charge is 0.376 e. The molecule has 0 bridgehead atoms. The maximum absolute atomic E-state index is 13.2. The molecule has 1 saturated heterocycles. The van der Waals surface area contributed by atoms with E-state index in [-0.39, 0.29) is 18.2 Å². The first-order valence-corrected chi connectivity index (χ1v) is 9.84. The van der Waals surface area contributed by atoms with E-state index in [1.54, 1.807) is 4.90 Å². The first-order chi connectivity index (χ1) is 13.5. The van der Waals surface area contributed by atoms with E-state index < -0.39 is 17.2 Å². The van der Waals surface area contributed by atoms with Gasteiger partial charge in [0.25, 0.3) is 11.5 Å². The van der Waals surface area contributed by atoms with Crippen molar-refractivity contribution in [3.63, 3.8) is 0 Å². The minimum Gasteiger partial charge on any atom is -0.376 e. The number of benzene rings is 1. The van der Waals surface area contributed by atoms with Crippen LogP contribution in [0.4, 0.5) is 5.69 Å². The molecule has 1 unspecified atom stereocenters. The van der Waals surface area contributed by atoms with Gasteiger partial charge in [0, 0.05) is 25.0 Å². The lowest BCUT2D eigenvalue weighted by Gasteiger charge is -2.23. The summed E-state index contributed by atoms with van der Waals surface area (Å²) < 4.78 is 6.62. The molecule has 2 heterocycles. The molecule has 28 heavy (non-hydrogen) atoms. The second-order valence-corrected chi connectivity index (χ2v) is 7.21. The van der Waals surface area contributed by atoms with Crippen LogP contribution in [-0.4, -0.2) is 34.7 Å². The summed E-state index contributed by atoms with van der Waals surface area (Å²) >= 11 is 0. The monoisotopic (exact) mass is 385 g/mol. The number of ether oxygens (including phenoxy) is 1. The fourth-order valence-electron chi connectivity index (χ4n) is 3.43. The third-order valence-corrected chi connectivity index (χ3v) is 5.00. The van der Waals surface area contributed by atoms with Gasteiger partial charge >= 0.3 is 5.69 Å². The summed E-state index contributed by atoms with van der Waals surface area (Å²) in [6, 6.07) is 7.63. The summed E-state index contributed by atoms with van der Waals surface area (Å²) in [6.07, 6.45) is 4.51. The van der Waals surface area contributed by atoms with Crippen molar-refractivity contribution >= 4 is 11.6 Å². The van der Waals surface area contributed by atoms with E-state index in [2.05, 4.69) is 4.98 Å². The molecular weight excluding hydrogens is 358 g/mol. The second kappa shape index (κ2) is 9.01. The lowest BCUT2D eigenvalue weighted by Crippen LogP contribution is -2.44. The Morgan fingerprint density at radius 3 is 2.86 bits per heavy atom. The number of nitrogens with one attached hydrogen (secondary N) is 1. The second-order valence-electron chi connectivity index (χ2n) is 7.21. The topological polar surface area (TPSA) is 84.4 Å². The van der Waals surface area contributed by atoms with Crippen molar-refractivity contribution < 1.29 is 9.53 Å². The summed E-state index contributed by atoms with van der Waals surface area (Å²) in [5.74, 6) is -0.401. The van der Waals surface area contributed by atoms with Crippen molar-refractivity contribution in [3.8, 4) is 0 Å². The van der Waals surface area contributed by atoms with Crippen LogP contribution in [0.3, 0.4) is 0 Å². The minimum absolute atomic E-state index is 0.0322. The number of carbonyl (C=O) groups excluding carboxylic acids is 1. The third-order valence-electron chi connectivity index (χ3n) is 5.00. The Morgan fingerprint density at radius 1 is 1.36 bits per heavy atom. The number of aromatic nitrogens is 2. The van der Waals surface area contributed by atoms with Gasteiger partial charge in [-0.25, -0.2) is 4.79 Å². The fourth-order valence-corrected chi connectivity index (χ4v) is 3.43. The van der Waals surface area contributed by atoms with E-state index in [1.165, 1.54) is 6.20 Å². The molecule has 150 valence electrons. The van der Waals surface area contributed by atoms with Crippen LogP contribution in [0.25, 0.3) is 0 Å². The molecule has 0 saturated carbocycles. The molecule has 3 rings (SSSR count). The zero-order valence-corrected chi connectivity index (χ0v) is 16.4. The fraction of sp³-hybridized carbons (Fsp3) is 0.476. The number of H-pyrrole nitrogens is 1. The Bertz CT molecular complexity index is 941. The van der Waals surface area contributed by atoms with Gasteiger partial charge in [0.15, 0.2) is 0 Å². The average molecular weight is 385 g/mol. The molecule has 0 radical (unpaired) electrons. The van der Waals surface area contributed by atoms with Crippen LogP contribution in [0.5, 0.6) is 0 Å². The van der Waals surface area contributed by atoms with Gasteiger partial charge in [0.05, 0.1) is 12.6 Å². The lowest BCUT2D eigenvalue weighted by molar-refractivity contribution is 0.0935. The number of nitrogens with zero attached hydrogens (tertiary/aromatic N) is 2. The van der Waals surface area contributed by atoms with E-state index in [0.717, 1.165) is 41.5 Å². The van der Waals surface area contributed by atoms with Crippen LogP contribution in [0, 0.1) is 6.92 Å². The number of anilines is 1. The Kier molecular flexibility index (Phi) is 6.46. The molecule has 1 fully saturated rings. The first-order valence-electron chi connectivity index (χ1n) is 9.84. The van der Waals surface area contributed by atoms with E-state index in [4.69, 9.17) is 4.74 Å². The molecule has 2 aromatic rings. The average Bonchev–Trinajstić information content (AvgIpc) is 3.18. The Balaban J connectivity index is 1.96. The van der Waals surface area contributed by atoms with Crippen molar-refractivity contribution in [2.75, 3.05) is 18.1 Å². The summed E-state index contributed by atoms with van der Waals surface area (Å²) in [4.78, 5) is 42.5. The van der Waals surface area contributed by atoms with Crippen LogP contribution in [-0.2, 0) is 11.3 Å². The summed E-state index contributed by atoms with van der Waals surface area (Å²) in [5, 5.41) is 0. The summed E-state index contributed by atoms with van der Waals surface area (Å²) in [6.45, 7) is 5.31. The molecule has 1 aliphatic rings. The minimum atomic E-state index is -0.571. The van der Waals surface area contributed by atoms with Gasteiger partial charge in [-0.15, -0.1) is 0 Å². The number of rotatable bonds is 7. The lowest BCUT2D eigenvalue weighted by atomic mass is 10.1. The molecular formula is C21H27N3O4. The Labute approximate surface area is 164 Å². The molecule has 1 amide bonds. The standard InChI is InChI=1S/C21H27N3O4/c1-3-4-10-23(16-8-5-7-15(2)12-16)19(25)18-13-22-21(27)24(20(18)26)14-17-9-6-11-28-17/h5,7-8,12-13,17H,3-4,6,9-11,14H2,1-2H3,(H,22,27). The molecule has 1 aromatic carbocycles. The molecule has 0 spiro atoms. The van der Waals surface area contributed by atoms with Gasteiger partial charge in [-0.05, 0) is 43.9 Å². The third kappa shape index (κ3) is 4.42. The van der Waals surface area contributed by atoms with E-state index in [1.807, 2.05) is 38.1 Å². The zero-order valence-electron chi connectivity index (χ0n) is 16.4. The van der Waals surface area contributed by atoms with Crippen molar-refractivity contribution in [3.05, 3.63) is 62.4 Å². The highest BCUT2D eigenvalue weighted by Gasteiger charge is 2.24. The zero-order chi connectivity index (χ0) is 20.1. The predicted molar refractivity (Wildman–Crippen MR) is 108 cm³/mol.